The SMILES string of the molecule is CCOC(=O)C1(NC(=O)C(F)(F)F)Cc2cc(OC)ccc2/C1=C1/CCN=C1C. The number of fused-ring (bicyclic) bond motifs is 1. The molecular formula is C20H21F3N2O4. The van der Waals surface area contributed by atoms with Crippen LogP contribution >= 0.6 is 0 Å². The second-order valence-corrected chi connectivity index (χ2v) is 6.85. The Morgan fingerprint density at radius 1 is 1.31 bits per heavy atom. The summed E-state index contributed by atoms with van der Waals surface area (Å²) in [4.78, 5) is 29.3. The van der Waals surface area contributed by atoms with E-state index in [0.717, 1.165) is 0 Å². The van der Waals surface area contributed by atoms with E-state index < -0.39 is 23.6 Å². The van der Waals surface area contributed by atoms with Gasteiger partial charge in [-0.2, -0.15) is 13.2 Å². The van der Waals surface area contributed by atoms with Crippen LogP contribution in [0.5, 0.6) is 5.75 Å². The topological polar surface area (TPSA) is 77.0 Å². The summed E-state index contributed by atoms with van der Waals surface area (Å²) in [6.07, 6.45) is -4.87. The summed E-state index contributed by atoms with van der Waals surface area (Å²) in [6, 6.07) is 4.99. The van der Waals surface area contributed by atoms with E-state index in [1.807, 2.05) is 5.32 Å². The molecule has 29 heavy (non-hydrogen) atoms. The van der Waals surface area contributed by atoms with Crippen LogP contribution in [0.3, 0.4) is 0 Å². The van der Waals surface area contributed by atoms with Crippen LogP contribution in [0.25, 0.3) is 5.57 Å². The number of alkyl halides is 3. The van der Waals surface area contributed by atoms with E-state index in [0.29, 0.717) is 46.7 Å². The number of ether oxygens (including phenoxy) is 2. The lowest BCUT2D eigenvalue weighted by Crippen LogP contribution is -2.58. The van der Waals surface area contributed by atoms with Crippen LogP contribution in [0.2, 0.25) is 0 Å². The number of nitrogens with one attached hydrogen (secondary N) is 1. The Morgan fingerprint density at radius 3 is 2.59 bits per heavy atom. The van der Waals surface area contributed by atoms with Gasteiger partial charge in [-0.1, -0.05) is 6.07 Å². The second-order valence-electron chi connectivity index (χ2n) is 6.85. The summed E-state index contributed by atoms with van der Waals surface area (Å²) >= 11 is 0. The number of carbonyl (C=O) groups is 2. The summed E-state index contributed by atoms with van der Waals surface area (Å²) < 4.78 is 49.7. The molecule has 1 aromatic carbocycles. The molecule has 156 valence electrons. The van der Waals surface area contributed by atoms with Crippen molar-refractivity contribution >= 4 is 23.2 Å². The minimum atomic E-state index is -5.15. The second kappa shape index (κ2) is 7.53. The first-order chi connectivity index (χ1) is 13.6. The first kappa shape index (κ1) is 20.9. The van der Waals surface area contributed by atoms with Gasteiger partial charge in [-0.05, 0) is 49.1 Å². The van der Waals surface area contributed by atoms with E-state index in [-0.39, 0.29) is 13.0 Å². The Bertz CT molecular complexity index is 921. The molecule has 9 heteroatoms. The van der Waals surface area contributed by atoms with Gasteiger partial charge in [0.1, 0.15) is 5.75 Å². The maximum Gasteiger partial charge on any atom is 0.471 e. The molecule has 1 atom stereocenters. The third kappa shape index (κ3) is 3.61. The van der Waals surface area contributed by atoms with Crippen molar-refractivity contribution in [3.05, 3.63) is 34.9 Å². The number of esters is 1. The lowest BCUT2D eigenvalue weighted by molar-refractivity contribution is -0.177. The number of carbonyl (C=O) groups excluding carboxylic acids is 2. The van der Waals surface area contributed by atoms with Gasteiger partial charge in [0.15, 0.2) is 5.54 Å². The number of halogens is 3. The average Bonchev–Trinajstić information content (AvgIpc) is 3.21. The molecule has 1 heterocycles. The van der Waals surface area contributed by atoms with Gasteiger partial charge in [-0.3, -0.25) is 9.79 Å². The highest BCUT2D eigenvalue weighted by Gasteiger charge is 2.55. The lowest BCUT2D eigenvalue weighted by atomic mass is 9.84. The van der Waals surface area contributed by atoms with Gasteiger partial charge < -0.3 is 14.8 Å². The normalized spacial score (nSPS) is 23.4. The van der Waals surface area contributed by atoms with Crippen LogP contribution in [0, 0.1) is 0 Å². The molecule has 1 N–H and O–H groups in total. The maximum absolute atomic E-state index is 13.1. The summed E-state index contributed by atoms with van der Waals surface area (Å²) in [6.45, 7) is 3.70. The number of amides is 1. The third-order valence-corrected chi connectivity index (χ3v) is 5.12. The van der Waals surface area contributed by atoms with Crippen LogP contribution in [-0.4, -0.2) is 49.6 Å². The van der Waals surface area contributed by atoms with E-state index in [9.17, 15) is 22.8 Å². The molecule has 1 aliphatic heterocycles. The van der Waals surface area contributed by atoms with Gasteiger partial charge in [0.25, 0.3) is 0 Å². The molecule has 0 saturated carbocycles. The van der Waals surface area contributed by atoms with Crippen molar-refractivity contribution in [2.75, 3.05) is 20.3 Å². The minimum Gasteiger partial charge on any atom is -0.497 e. The predicted octanol–water partition coefficient (Wildman–Crippen LogP) is 2.85. The van der Waals surface area contributed by atoms with Gasteiger partial charge in [0, 0.05) is 24.3 Å². The highest BCUT2D eigenvalue weighted by atomic mass is 19.4. The quantitative estimate of drug-likeness (QED) is 0.775. The van der Waals surface area contributed by atoms with Crippen molar-refractivity contribution in [3.63, 3.8) is 0 Å². The number of rotatable bonds is 4. The fraction of sp³-hybridized carbons (Fsp3) is 0.450. The molecule has 0 bridgehead atoms. The van der Waals surface area contributed by atoms with Crippen molar-refractivity contribution in [2.24, 2.45) is 4.99 Å². The van der Waals surface area contributed by atoms with Crippen molar-refractivity contribution in [3.8, 4) is 5.75 Å². The average molecular weight is 410 g/mol. The first-order valence-electron chi connectivity index (χ1n) is 9.13. The standard InChI is InChI=1S/C20H21F3N2O4/c1-4-29-18(27)19(25-17(26)20(21,22)23)10-12-9-13(28-3)5-6-15(12)16(19)14-7-8-24-11(14)2/h5-6,9H,4,7-8,10H2,1-3H3,(H,25,26)/b16-14+. The van der Waals surface area contributed by atoms with Crippen LogP contribution in [0.1, 0.15) is 31.4 Å². The molecular weight excluding hydrogens is 389 g/mol. The summed E-state index contributed by atoms with van der Waals surface area (Å²) in [5.74, 6) is -2.64. The third-order valence-electron chi connectivity index (χ3n) is 5.12. The predicted molar refractivity (Wildman–Crippen MR) is 99.8 cm³/mol. The van der Waals surface area contributed by atoms with Gasteiger partial charge >= 0.3 is 18.1 Å². The Morgan fingerprint density at radius 2 is 2.03 bits per heavy atom. The van der Waals surface area contributed by atoms with Crippen molar-refractivity contribution in [2.45, 2.75) is 38.4 Å². The number of nitrogens with zero attached hydrogens (tertiary/aromatic N) is 1. The van der Waals surface area contributed by atoms with E-state index in [1.165, 1.54) is 7.11 Å². The van der Waals surface area contributed by atoms with Gasteiger partial charge in [0.2, 0.25) is 0 Å². The van der Waals surface area contributed by atoms with Gasteiger partial charge in [0.05, 0.1) is 13.7 Å². The molecule has 0 spiro atoms. The molecule has 2 aliphatic rings. The molecule has 0 aromatic heterocycles. The smallest absolute Gasteiger partial charge is 0.471 e. The molecule has 1 aromatic rings. The van der Waals surface area contributed by atoms with Crippen molar-refractivity contribution in [1.29, 1.82) is 0 Å². The number of hydrogen-bond donors (Lipinski definition) is 1. The zero-order chi connectivity index (χ0) is 21.4. The summed E-state index contributed by atoms with van der Waals surface area (Å²) in [5, 5.41) is 1.96. The molecule has 0 saturated heterocycles. The Balaban J connectivity index is 2.26. The maximum atomic E-state index is 13.1. The lowest BCUT2D eigenvalue weighted by Gasteiger charge is -2.31. The van der Waals surface area contributed by atoms with Crippen LogP contribution < -0.4 is 10.1 Å². The molecule has 1 unspecified atom stereocenters. The van der Waals surface area contributed by atoms with Crippen LogP contribution in [0.4, 0.5) is 13.2 Å². The number of methoxy groups -OCH3 is 1. The first-order valence-corrected chi connectivity index (χ1v) is 9.13. The fourth-order valence-corrected chi connectivity index (χ4v) is 3.88. The van der Waals surface area contributed by atoms with Gasteiger partial charge in [-0.25, -0.2) is 4.79 Å². The van der Waals surface area contributed by atoms with E-state index in [4.69, 9.17) is 9.47 Å². The highest BCUT2D eigenvalue weighted by Crippen LogP contribution is 2.46. The summed E-state index contributed by atoms with van der Waals surface area (Å²) in [7, 11) is 1.47. The Hall–Kier alpha value is -2.84. The molecule has 3 rings (SSSR count). The Labute approximate surface area is 165 Å². The number of benzene rings is 1. The van der Waals surface area contributed by atoms with Gasteiger partial charge in [-0.15, -0.1) is 0 Å². The van der Waals surface area contributed by atoms with Crippen LogP contribution in [-0.2, 0) is 20.7 Å². The molecule has 1 amide bonds. The fourth-order valence-electron chi connectivity index (χ4n) is 3.88. The van der Waals surface area contributed by atoms with Crippen LogP contribution in [0.15, 0.2) is 28.8 Å². The van der Waals surface area contributed by atoms with E-state index in [2.05, 4.69) is 4.99 Å². The van der Waals surface area contributed by atoms with E-state index in [1.54, 1.807) is 32.0 Å². The molecule has 0 radical (unpaired) electrons. The zero-order valence-corrected chi connectivity index (χ0v) is 16.3. The number of aliphatic imine (C=N–C) groups is 1. The minimum absolute atomic E-state index is 0.0438. The highest BCUT2D eigenvalue weighted by molar-refractivity contribution is 6.14. The van der Waals surface area contributed by atoms with Crippen molar-refractivity contribution in [1.82, 2.24) is 5.32 Å². The number of hydrogen-bond acceptors (Lipinski definition) is 5. The van der Waals surface area contributed by atoms with E-state index >= 15 is 0 Å². The summed E-state index contributed by atoms with van der Waals surface area (Å²) in [5.41, 5.74) is 0.746. The monoisotopic (exact) mass is 410 g/mol. The molecule has 1 aliphatic carbocycles. The Kier molecular flexibility index (Phi) is 5.42. The largest absolute Gasteiger partial charge is 0.497 e. The molecule has 0 fully saturated rings. The molecule has 6 nitrogen and oxygen atoms in total. The van der Waals surface area contributed by atoms with Crippen molar-refractivity contribution < 1.29 is 32.2 Å². The zero-order valence-electron chi connectivity index (χ0n) is 16.3.